The molecule has 0 saturated carbocycles. The summed E-state index contributed by atoms with van der Waals surface area (Å²) in [5, 5.41) is 0. The van der Waals surface area contributed by atoms with Crippen LogP contribution in [0.15, 0.2) is 30.3 Å². The van der Waals surface area contributed by atoms with Gasteiger partial charge in [0.25, 0.3) is 0 Å². The molecule has 0 aromatic heterocycles. The van der Waals surface area contributed by atoms with E-state index in [-0.39, 0.29) is 6.04 Å². The van der Waals surface area contributed by atoms with Crippen molar-refractivity contribution in [2.24, 2.45) is 5.73 Å². The Kier molecular flexibility index (Phi) is 7.26. The fourth-order valence-corrected chi connectivity index (χ4v) is 4.75. The molecule has 1 aromatic carbocycles. The van der Waals surface area contributed by atoms with Crippen molar-refractivity contribution in [1.82, 2.24) is 0 Å². The summed E-state index contributed by atoms with van der Waals surface area (Å²) in [7, 11) is -2.67. The van der Waals surface area contributed by atoms with E-state index in [1.165, 1.54) is 0 Å². The molecule has 1 rings (SSSR count). The first-order chi connectivity index (χ1) is 9.17. The van der Waals surface area contributed by atoms with Crippen LogP contribution in [-0.4, -0.2) is 28.6 Å². The second-order valence-electron chi connectivity index (χ2n) is 4.20. The van der Waals surface area contributed by atoms with Crippen molar-refractivity contribution in [3.8, 4) is 0 Å². The molecule has 0 bridgehead atoms. The maximum absolute atomic E-state index is 6.27. The normalized spacial score (nSPS) is 13.5. The van der Waals surface area contributed by atoms with Crippen molar-refractivity contribution in [3.63, 3.8) is 0 Å². The van der Waals surface area contributed by atoms with Crippen LogP contribution >= 0.6 is 0 Å². The Labute approximate surface area is 117 Å². The smallest absolute Gasteiger partial charge is 0.374 e. The van der Waals surface area contributed by atoms with Gasteiger partial charge < -0.3 is 19.0 Å². The second kappa shape index (κ2) is 8.45. The van der Waals surface area contributed by atoms with Crippen LogP contribution in [0.25, 0.3) is 0 Å². The van der Waals surface area contributed by atoms with Crippen LogP contribution < -0.4 is 5.73 Å². The van der Waals surface area contributed by atoms with Gasteiger partial charge in [-0.2, -0.15) is 0 Å². The minimum absolute atomic E-state index is 0.127. The molecule has 5 heteroatoms. The minimum Gasteiger partial charge on any atom is -0.374 e. The molecule has 1 atom stereocenters. The van der Waals surface area contributed by atoms with Crippen molar-refractivity contribution >= 4 is 8.80 Å². The molecule has 0 amide bonds. The zero-order valence-electron chi connectivity index (χ0n) is 12.1. The zero-order chi connectivity index (χ0) is 14.1. The van der Waals surface area contributed by atoms with Crippen LogP contribution in [0.2, 0.25) is 6.04 Å². The number of hydrogen-bond donors (Lipinski definition) is 1. The number of nitrogens with two attached hydrogens (primary N) is 1. The fourth-order valence-electron chi connectivity index (χ4n) is 2.05. The van der Waals surface area contributed by atoms with Crippen molar-refractivity contribution < 1.29 is 13.3 Å². The predicted molar refractivity (Wildman–Crippen MR) is 78.8 cm³/mol. The van der Waals surface area contributed by atoms with Crippen LogP contribution in [0.5, 0.6) is 0 Å². The minimum atomic E-state index is -2.67. The Morgan fingerprint density at radius 3 is 1.84 bits per heavy atom. The lowest BCUT2D eigenvalue weighted by atomic mass is 10.1. The van der Waals surface area contributed by atoms with Gasteiger partial charge in [-0.25, -0.2) is 0 Å². The van der Waals surface area contributed by atoms with Crippen LogP contribution in [0.1, 0.15) is 32.4 Å². The average molecular weight is 283 g/mol. The molecule has 0 radical (unpaired) electrons. The third-order valence-electron chi connectivity index (χ3n) is 2.79. The van der Waals surface area contributed by atoms with Crippen molar-refractivity contribution in [2.75, 3.05) is 19.8 Å². The summed E-state index contributed by atoms with van der Waals surface area (Å²) < 4.78 is 17.5. The van der Waals surface area contributed by atoms with Gasteiger partial charge in [-0.1, -0.05) is 30.3 Å². The van der Waals surface area contributed by atoms with Crippen LogP contribution in [0.3, 0.4) is 0 Å². The lowest BCUT2D eigenvalue weighted by molar-refractivity contribution is 0.0696. The van der Waals surface area contributed by atoms with E-state index in [1.54, 1.807) is 0 Å². The lowest BCUT2D eigenvalue weighted by Gasteiger charge is -2.30. The van der Waals surface area contributed by atoms with E-state index < -0.39 is 8.80 Å². The van der Waals surface area contributed by atoms with Gasteiger partial charge in [-0.15, -0.1) is 0 Å². The third kappa shape index (κ3) is 5.04. The quantitative estimate of drug-likeness (QED) is 0.708. The Bertz CT molecular complexity index is 331. The van der Waals surface area contributed by atoms with Gasteiger partial charge in [-0.3, -0.25) is 0 Å². The van der Waals surface area contributed by atoms with Gasteiger partial charge in [0.15, 0.2) is 0 Å². The van der Waals surface area contributed by atoms with Crippen molar-refractivity contribution in [1.29, 1.82) is 0 Å². The Morgan fingerprint density at radius 2 is 1.42 bits per heavy atom. The topological polar surface area (TPSA) is 53.7 Å². The Hall–Kier alpha value is -0.723. The standard InChI is InChI=1S/C14H25NO3Si/c1-4-16-19(17-5-2,18-6-3)12-14(15)13-10-8-7-9-11-13/h7-11,14H,4-6,12,15H2,1-3H3. The summed E-state index contributed by atoms with van der Waals surface area (Å²) in [4.78, 5) is 0. The molecular formula is C14H25NO3Si. The average Bonchev–Trinajstić information content (AvgIpc) is 2.40. The molecule has 4 nitrogen and oxygen atoms in total. The first kappa shape index (κ1) is 16.3. The van der Waals surface area contributed by atoms with E-state index in [4.69, 9.17) is 19.0 Å². The van der Waals surface area contributed by atoms with Gasteiger partial charge in [0, 0.05) is 31.9 Å². The molecule has 0 fully saturated rings. The van der Waals surface area contributed by atoms with Crippen molar-refractivity contribution in [2.45, 2.75) is 32.9 Å². The van der Waals surface area contributed by atoms with Gasteiger partial charge in [0.1, 0.15) is 0 Å². The lowest BCUT2D eigenvalue weighted by Crippen LogP contribution is -2.48. The molecule has 1 unspecified atom stereocenters. The van der Waals surface area contributed by atoms with E-state index in [9.17, 15) is 0 Å². The second-order valence-corrected chi connectivity index (χ2v) is 6.84. The molecule has 0 heterocycles. The monoisotopic (exact) mass is 283 g/mol. The highest BCUT2D eigenvalue weighted by Gasteiger charge is 2.42. The van der Waals surface area contributed by atoms with E-state index in [2.05, 4.69) is 0 Å². The summed E-state index contributed by atoms with van der Waals surface area (Å²) >= 11 is 0. The molecule has 0 saturated heterocycles. The molecule has 1 aromatic rings. The van der Waals surface area contributed by atoms with Gasteiger partial charge in [0.2, 0.25) is 0 Å². The largest absolute Gasteiger partial charge is 0.502 e. The summed E-state index contributed by atoms with van der Waals surface area (Å²) in [6, 6.07) is 10.5. The van der Waals surface area contributed by atoms with Gasteiger partial charge in [0.05, 0.1) is 0 Å². The molecular weight excluding hydrogens is 258 g/mol. The molecule has 0 aliphatic rings. The Morgan fingerprint density at radius 1 is 0.947 bits per heavy atom. The molecule has 2 N–H and O–H groups in total. The number of benzene rings is 1. The molecule has 0 spiro atoms. The van der Waals surface area contributed by atoms with E-state index in [1.807, 2.05) is 51.1 Å². The van der Waals surface area contributed by atoms with E-state index >= 15 is 0 Å². The summed E-state index contributed by atoms with van der Waals surface area (Å²) in [5.74, 6) is 0. The fraction of sp³-hybridized carbons (Fsp3) is 0.571. The van der Waals surface area contributed by atoms with Crippen molar-refractivity contribution in [3.05, 3.63) is 35.9 Å². The number of hydrogen-bond acceptors (Lipinski definition) is 4. The van der Waals surface area contributed by atoms with Crippen LogP contribution in [-0.2, 0) is 13.3 Å². The maximum atomic E-state index is 6.27. The van der Waals surface area contributed by atoms with Crippen LogP contribution in [0.4, 0.5) is 0 Å². The van der Waals surface area contributed by atoms with Gasteiger partial charge in [-0.05, 0) is 26.3 Å². The third-order valence-corrected chi connectivity index (χ3v) is 5.92. The summed E-state index contributed by atoms with van der Waals surface area (Å²) in [6.07, 6.45) is 0. The SMILES string of the molecule is CCO[Si](CC(N)c1ccccc1)(OCC)OCC. The highest BCUT2D eigenvalue weighted by Crippen LogP contribution is 2.25. The molecule has 0 aliphatic heterocycles. The maximum Gasteiger partial charge on any atom is 0.502 e. The van der Waals surface area contributed by atoms with E-state index in [0.717, 1.165) is 5.56 Å². The predicted octanol–water partition coefficient (Wildman–Crippen LogP) is 2.73. The number of rotatable bonds is 9. The molecule has 108 valence electrons. The summed E-state index contributed by atoms with van der Waals surface area (Å²) in [5.41, 5.74) is 7.35. The first-order valence-electron chi connectivity index (χ1n) is 6.89. The van der Waals surface area contributed by atoms with Crippen LogP contribution in [0, 0.1) is 0 Å². The Balaban J connectivity index is 2.80. The summed E-state index contributed by atoms with van der Waals surface area (Å²) in [6.45, 7) is 7.59. The first-order valence-corrected chi connectivity index (χ1v) is 8.83. The van der Waals surface area contributed by atoms with Gasteiger partial charge >= 0.3 is 8.80 Å². The van der Waals surface area contributed by atoms with E-state index in [0.29, 0.717) is 25.9 Å². The molecule has 0 aliphatic carbocycles. The molecule has 19 heavy (non-hydrogen) atoms. The highest BCUT2D eigenvalue weighted by molar-refractivity contribution is 6.60. The highest BCUT2D eigenvalue weighted by atomic mass is 28.4. The zero-order valence-corrected chi connectivity index (χ0v) is 13.1.